The van der Waals surface area contributed by atoms with Crippen LogP contribution in [0.5, 0.6) is 0 Å². The Labute approximate surface area is 112 Å². The molecular formula is C14H9ClF4. The monoisotopic (exact) mass is 288 g/mol. The molecule has 0 N–H and O–H groups in total. The molecule has 0 aliphatic rings. The van der Waals surface area contributed by atoms with Crippen LogP contribution in [0.25, 0.3) is 0 Å². The number of aryl methyl sites for hydroxylation is 1. The molecule has 2 rings (SSSR count). The van der Waals surface area contributed by atoms with E-state index in [4.69, 9.17) is 11.6 Å². The second kappa shape index (κ2) is 5.21. The molecule has 0 heterocycles. The van der Waals surface area contributed by atoms with Crippen LogP contribution < -0.4 is 0 Å². The molecule has 1 atom stereocenters. The minimum absolute atomic E-state index is 0.311. The van der Waals surface area contributed by atoms with Gasteiger partial charge in [-0.2, -0.15) is 0 Å². The van der Waals surface area contributed by atoms with Crippen molar-refractivity contribution in [1.82, 2.24) is 0 Å². The van der Waals surface area contributed by atoms with E-state index in [2.05, 4.69) is 0 Å². The molecule has 0 aromatic heterocycles. The van der Waals surface area contributed by atoms with Gasteiger partial charge < -0.3 is 0 Å². The SMILES string of the molecule is Cc1cc(C(Cl)c2c(F)cc(F)cc2F)ccc1F. The van der Waals surface area contributed by atoms with Crippen LogP contribution >= 0.6 is 11.6 Å². The van der Waals surface area contributed by atoms with E-state index in [0.29, 0.717) is 23.3 Å². The maximum atomic E-state index is 13.6. The molecule has 0 aliphatic heterocycles. The van der Waals surface area contributed by atoms with E-state index in [-0.39, 0.29) is 0 Å². The Bertz CT molecular complexity index is 602. The van der Waals surface area contributed by atoms with E-state index in [9.17, 15) is 17.6 Å². The summed E-state index contributed by atoms with van der Waals surface area (Å²) in [4.78, 5) is 0. The van der Waals surface area contributed by atoms with Crippen molar-refractivity contribution in [2.24, 2.45) is 0 Å². The van der Waals surface area contributed by atoms with Crippen molar-refractivity contribution in [1.29, 1.82) is 0 Å². The fourth-order valence-electron chi connectivity index (χ4n) is 1.79. The van der Waals surface area contributed by atoms with Crippen molar-refractivity contribution in [2.45, 2.75) is 12.3 Å². The molecule has 0 radical (unpaired) electrons. The van der Waals surface area contributed by atoms with E-state index in [1.165, 1.54) is 25.1 Å². The molecular weight excluding hydrogens is 280 g/mol. The van der Waals surface area contributed by atoms with Crippen molar-refractivity contribution in [3.05, 3.63) is 70.3 Å². The highest BCUT2D eigenvalue weighted by Crippen LogP contribution is 2.33. The lowest BCUT2D eigenvalue weighted by molar-refractivity contribution is 0.526. The zero-order valence-electron chi connectivity index (χ0n) is 9.85. The van der Waals surface area contributed by atoms with Crippen molar-refractivity contribution < 1.29 is 17.6 Å². The van der Waals surface area contributed by atoms with Crippen molar-refractivity contribution in [2.75, 3.05) is 0 Å². The smallest absolute Gasteiger partial charge is 0.134 e. The quantitative estimate of drug-likeness (QED) is 0.546. The molecule has 2 aromatic rings. The molecule has 0 amide bonds. The van der Waals surface area contributed by atoms with Crippen LogP contribution in [0.4, 0.5) is 17.6 Å². The summed E-state index contributed by atoms with van der Waals surface area (Å²) in [5.74, 6) is -3.59. The summed E-state index contributed by atoms with van der Waals surface area (Å²) in [6, 6.07) is 5.02. The molecule has 2 aromatic carbocycles. The second-order valence-electron chi connectivity index (χ2n) is 4.15. The molecule has 1 unspecified atom stereocenters. The highest BCUT2D eigenvalue weighted by molar-refractivity contribution is 6.22. The molecule has 19 heavy (non-hydrogen) atoms. The fraction of sp³-hybridized carbons (Fsp3) is 0.143. The first-order valence-corrected chi connectivity index (χ1v) is 5.88. The van der Waals surface area contributed by atoms with Crippen molar-refractivity contribution in [3.8, 4) is 0 Å². The van der Waals surface area contributed by atoms with Gasteiger partial charge in [0.1, 0.15) is 23.3 Å². The zero-order chi connectivity index (χ0) is 14.2. The average Bonchev–Trinajstić information content (AvgIpc) is 2.31. The third-order valence-corrected chi connectivity index (χ3v) is 3.24. The lowest BCUT2D eigenvalue weighted by Crippen LogP contribution is -2.03. The Hall–Kier alpha value is -1.55. The van der Waals surface area contributed by atoms with Gasteiger partial charge in [-0.1, -0.05) is 12.1 Å². The van der Waals surface area contributed by atoms with Crippen LogP contribution in [0.3, 0.4) is 0 Å². The summed E-state index contributed by atoms with van der Waals surface area (Å²) in [6.07, 6.45) is 0. The summed E-state index contributed by atoms with van der Waals surface area (Å²) in [7, 11) is 0. The number of benzene rings is 2. The fourth-order valence-corrected chi connectivity index (χ4v) is 2.13. The number of rotatable bonds is 2. The van der Waals surface area contributed by atoms with Gasteiger partial charge in [-0.05, 0) is 24.1 Å². The van der Waals surface area contributed by atoms with Gasteiger partial charge in [0.2, 0.25) is 0 Å². The zero-order valence-corrected chi connectivity index (χ0v) is 10.6. The van der Waals surface area contributed by atoms with Crippen LogP contribution in [0.1, 0.15) is 22.1 Å². The molecule has 0 saturated heterocycles. The highest BCUT2D eigenvalue weighted by Gasteiger charge is 2.21. The lowest BCUT2D eigenvalue weighted by atomic mass is 10.0. The van der Waals surface area contributed by atoms with Gasteiger partial charge in [0.15, 0.2) is 0 Å². The minimum atomic E-state index is -1.15. The molecule has 5 heteroatoms. The van der Waals surface area contributed by atoms with E-state index in [0.717, 1.165) is 0 Å². The lowest BCUT2D eigenvalue weighted by Gasteiger charge is -2.13. The summed E-state index contributed by atoms with van der Waals surface area (Å²) in [5, 5.41) is -1.15. The van der Waals surface area contributed by atoms with Crippen LogP contribution in [0, 0.1) is 30.2 Å². The largest absolute Gasteiger partial charge is 0.207 e. The Kier molecular flexibility index (Phi) is 3.80. The van der Waals surface area contributed by atoms with Crippen molar-refractivity contribution in [3.63, 3.8) is 0 Å². The van der Waals surface area contributed by atoms with E-state index in [1.807, 2.05) is 0 Å². The first-order chi connectivity index (χ1) is 8.90. The number of hydrogen-bond acceptors (Lipinski definition) is 0. The Balaban J connectivity index is 2.49. The molecule has 0 fully saturated rings. The third kappa shape index (κ3) is 2.73. The first kappa shape index (κ1) is 13.9. The van der Waals surface area contributed by atoms with Crippen LogP contribution in [-0.2, 0) is 0 Å². The van der Waals surface area contributed by atoms with Crippen LogP contribution in [0.15, 0.2) is 30.3 Å². The molecule has 0 nitrogen and oxygen atoms in total. The molecule has 100 valence electrons. The van der Waals surface area contributed by atoms with Gasteiger partial charge in [-0.15, -0.1) is 11.6 Å². The summed E-state index contributed by atoms with van der Waals surface area (Å²) >= 11 is 5.99. The van der Waals surface area contributed by atoms with Gasteiger partial charge >= 0.3 is 0 Å². The maximum Gasteiger partial charge on any atom is 0.134 e. The first-order valence-electron chi connectivity index (χ1n) is 5.44. The molecule has 0 aliphatic carbocycles. The molecule has 0 saturated carbocycles. The number of halogens is 5. The normalized spacial score (nSPS) is 12.5. The van der Waals surface area contributed by atoms with Gasteiger partial charge in [-0.3, -0.25) is 0 Å². The number of hydrogen-bond donors (Lipinski definition) is 0. The van der Waals surface area contributed by atoms with Gasteiger partial charge in [-0.25, -0.2) is 17.6 Å². The Morgan fingerprint density at radius 3 is 2.00 bits per heavy atom. The van der Waals surface area contributed by atoms with Gasteiger partial charge in [0, 0.05) is 17.7 Å². The second-order valence-corrected chi connectivity index (χ2v) is 4.59. The summed E-state index contributed by atoms with van der Waals surface area (Å²) in [6.45, 7) is 1.51. The predicted octanol–water partition coefficient (Wildman–Crippen LogP) is 4.88. The third-order valence-electron chi connectivity index (χ3n) is 2.77. The van der Waals surface area contributed by atoms with E-state index < -0.39 is 34.2 Å². The van der Waals surface area contributed by atoms with Crippen LogP contribution in [-0.4, -0.2) is 0 Å². The molecule has 0 spiro atoms. The van der Waals surface area contributed by atoms with Crippen molar-refractivity contribution >= 4 is 11.6 Å². The van der Waals surface area contributed by atoms with Gasteiger partial charge in [0.05, 0.1) is 5.38 Å². The summed E-state index contributed by atoms with van der Waals surface area (Å²) < 4.78 is 53.1. The average molecular weight is 289 g/mol. The summed E-state index contributed by atoms with van der Waals surface area (Å²) in [5.41, 5.74) is 0.199. The van der Waals surface area contributed by atoms with E-state index in [1.54, 1.807) is 0 Å². The van der Waals surface area contributed by atoms with E-state index >= 15 is 0 Å². The molecule has 0 bridgehead atoms. The Morgan fingerprint density at radius 2 is 1.47 bits per heavy atom. The predicted molar refractivity (Wildman–Crippen MR) is 65.1 cm³/mol. The topological polar surface area (TPSA) is 0 Å². The Morgan fingerprint density at radius 1 is 0.895 bits per heavy atom. The minimum Gasteiger partial charge on any atom is -0.207 e. The van der Waals surface area contributed by atoms with Gasteiger partial charge in [0.25, 0.3) is 0 Å². The number of alkyl halides is 1. The maximum absolute atomic E-state index is 13.6. The highest BCUT2D eigenvalue weighted by atomic mass is 35.5. The standard InChI is InChI=1S/C14H9ClF4/c1-7-4-8(2-3-10(7)17)14(15)13-11(18)5-9(16)6-12(13)19/h2-6,14H,1H3. The van der Waals surface area contributed by atoms with Crippen LogP contribution in [0.2, 0.25) is 0 Å².